The number of hydrogen-bond acceptors (Lipinski definition) is 40. The Balaban J connectivity index is 0.534. The van der Waals surface area contributed by atoms with Gasteiger partial charge in [-0.05, 0) is 59.9 Å². The molecule has 2 aromatic heterocycles. The van der Waals surface area contributed by atoms with E-state index in [0.29, 0.717) is 201 Å². The second kappa shape index (κ2) is 51.2. The smallest absolute Gasteiger partial charge is 0.407 e. The molecule has 0 saturated carbocycles. The van der Waals surface area contributed by atoms with Crippen molar-refractivity contribution in [3.05, 3.63) is 71.6 Å². The molecule has 5 amide bonds. The number of aromatic nitrogens is 6. The summed E-state index contributed by atoms with van der Waals surface area (Å²) in [5.74, 6) is -3.57. The first-order valence-corrected chi connectivity index (χ1v) is 46.2. The minimum Gasteiger partial charge on any atom is -0.445 e. The molecule has 47 nitrogen and oxygen atoms in total. The van der Waals surface area contributed by atoms with Gasteiger partial charge < -0.3 is 165 Å². The Kier molecular flexibility index (Phi) is 39.8. The number of alkyl carbamates (subject to hydrolysis) is 1. The average Bonchev–Trinajstić information content (AvgIpc) is 1.58. The molecule has 0 aliphatic carbocycles. The molecule has 10 aliphatic heterocycles. The van der Waals surface area contributed by atoms with Crippen molar-refractivity contribution in [2.75, 3.05) is 218 Å². The lowest BCUT2D eigenvalue weighted by Crippen LogP contribution is -2.65. The fraction of sp³-hybridized carbons (Fsp3) is 0.805. The summed E-state index contributed by atoms with van der Waals surface area (Å²) in [6.07, 6.45) is 1.71. The third-order valence-electron chi connectivity index (χ3n) is 23.0. The van der Waals surface area contributed by atoms with E-state index >= 15 is 0 Å². The molecule has 3 aromatic rings. The van der Waals surface area contributed by atoms with Crippen LogP contribution in [0.5, 0.6) is 0 Å². The molecule has 0 unspecified atom stereocenters. The fourth-order valence-electron chi connectivity index (χ4n) is 17.0. The van der Waals surface area contributed by atoms with Crippen LogP contribution in [0, 0.1) is 0 Å². The Hall–Kier alpha value is -7.13. The van der Waals surface area contributed by atoms with E-state index in [1.807, 2.05) is 83.1 Å². The minimum absolute atomic E-state index is 0.0105. The lowest BCUT2D eigenvalue weighted by Gasteiger charge is -2.42. The van der Waals surface area contributed by atoms with Crippen LogP contribution in [-0.2, 0) is 185 Å². The molecule has 9 fully saturated rings. The van der Waals surface area contributed by atoms with Crippen LogP contribution in [0.3, 0.4) is 0 Å². The highest BCUT2D eigenvalue weighted by atomic mass is 16.8. The molecule has 10 aliphatic rings. The molecule has 47 heteroatoms. The molecule has 134 heavy (non-hydrogen) atoms. The van der Waals surface area contributed by atoms with Crippen molar-refractivity contribution in [3.63, 3.8) is 0 Å². The van der Waals surface area contributed by atoms with E-state index < -0.39 is 119 Å². The summed E-state index contributed by atoms with van der Waals surface area (Å²) >= 11 is 0. The molecular formula is C87H138N14O33. The van der Waals surface area contributed by atoms with Gasteiger partial charge in [0.25, 0.3) is 0 Å². The van der Waals surface area contributed by atoms with Crippen molar-refractivity contribution >= 4 is 29.7 Å². The number of rotatable bonds is 66. The van der Waals surface area contributed by atoms with Gasteiger partial charge in [0.05, 0.1) is 256 Å². The maximum absolute atomic E-state index is 14.3. The maximum Gasteiger partial charge on any atom is 0.407 e. The molecule has 754 valence electrons. The van der Waals surface area contributed by atoms with Gasteiger partial charge >= 0.3 is 6.09 Å². The summed E-state index contributed by atoms with van der Waals surface area (Å²) in [5, 5.41) is 33.9. The van der Waals surface area contributed by atoms with Gasteiger partial charge in [0.2, 0.25) is 23.6 Å². The van der Waals surface area contributed by atoms with Crippen molar-refractivity contribution in [2.24, 2.45) is 0 Å². The SMILES string of the molecule is CC(=O)N[C@H]1[C@H]2OC[C@](COCCOCCOCCOCCN3C=C(COCC(COCc4cn(CCOCCOCCOCCOC[C@@]56CO[C@@H](O5)[C@H](NC(C)=O)[C@H]5OC(C)(C)O[C@H]56)nn4)(COCc4cn(CCOCCOCCOCCOC[C@@]56CO[C@@H](O5)[C@H](NC(C)=O)[C@H]5OC(C)(C)O[C@H]56)nn4)NC(=O)CCCCCNC(=O)OCc4ccccc4)NN3)(O2)[C@@H]2OC(C)(C)O[C@H]12. The summed E-state index contributed by atoms with van der Waals surface area (Å²) in [4.78, 5) is 62.8. The number of carbonyl (C=O) groups excluding carboxylic acids is 5. The Morgan fingerprint density at radius 3 is 1.20 bits per heavy atom. The van der Waals surface area contributed by atoms with Gasteiger partial charge in [0.15, 0.2) is 36.2 Å². The monoisotopic (exact) mass is 1910 g/mol. The summed E-state index contributed by atoms with van der Waals surface area (Å²) in [7, 11) is 0. The molecule has 15 atom stereocenters. The lowest BCUT2D eigenvalue weighted by molar-refractivity contribution is -0.214. The first-order valence-electron chi connectivity index (χ1n) is 46.2. The third kappa shape index (κ3) is 31.2. The van der Waals surface area contributed by atoms with Crippen LogP contribution in [0.25, 0.3) is 0 Å². The van der Waals surface area contributed by atoms with E-state index in [9.17, 15) is 24.0 Å². The number of hydrogen-bond donors (Lipinski definition) is 7. The maximum atomic E-state index is 14.3. The third-order valence-corrected chi connectivity index (χ3v) is 23.0. The van der Waals surface area contributed by atoms with Gasteiger partial charge in [0.1, 0.15) is 95.1 Å². The van der Waals surface area contributed by atoms with E-state index in [4.69, 9.17) is 133 Å². The van der Waals surface area contributed by atoms with Crippen molar-refractivity contribution in [1.29, 1.82) is 0 Å². The Labute approximate surface area is 779 Å². The number of ether oxygens (including phenoxy) is 28. The standard InChI is InChI=1S/C87H138N14O33/c1-60(102)89-68-71-74(129-81(4,5)126-71)85(57-123-77(68)132-85)54-116-41-38-113-35-32-110-29-26-107-23-20-99-44-64(93-96-99)48-119-51-84(92-67(105)18-14-11-15-19-88-80(106)122-47-63-16-12-10-13-17-63,52-120-49-65-45-100(97-94-65)21-24-108-27-30-111-33-36-114-39-42-117-55-86-58-124-78(133-86)69(90-61(2)103)72-75(86)130-82(6,7)127-72)53-121-50-66-46-101(98-95-66)22-25-109-28-31-112-34-37-115-40-43-118-56-87-59-125-79(134-87)70(91-62(3)104)73-76(87)131-83(8,9)128-73/h10,12-13,16-17,44-46,68-79,93,96H,11,14-15,18-43,47-59H2,1-9H3,(H,88,106)(H,89,102)(H,90,103)(H,91,104)(H,92,105)/t68-,69-,70-,71-,72-,73-,74-,75-,76-,77+,78+,79+,85+,86+,87+/m1/s1. The predicted octanol–water partition coefficient (Wildman–Crippen LogP) is -0.223. The fourth-order valence-corrected chi connectivity index (χ4v) is 17.0. The minimum atomic E-state index is -1.28. The van der Waals surface area contributed by atoms with Crippen LogP contribution in [0.1, 0.15) is 105 Å². The highest BCUT2D eigenvalue weighted by Gasteiger charge is 2.69. The highest BCUT2D eigenvalue weighted by molar-refractivity contribution is 5.77. The van der Waals surface area contributed by atoms with E-state index in [2.05, 4.69) is 58.2 Å². The molecule has 13 rings (SSSR count). The van der Waals surface area contributed by atoms with Crippen molar-refractivity contribution in [3.8, 4) is 0 Å². The average molecular weight is 1910 g/mol. The van der Waals surface area contributed by atoms with E-state index in [1.165, 1.54) is 20.8 Å². The molecule has 12 heterocycles. The Bertz CT molecular complexity index is 3970. The van der Waals surface area contributed by atoms with Crippen LogP contribution in [0.2, 0.25) is 0 Å². The summed E-state index contributed by atoms with van der Waals surface area (Å²) < 4.78 is 172. The molecule has 1 aromatic carbocycles. The largest absolute Gasteiger partial charge is 0.445 e. The first-order chi connectivity index (χ1) is 64.8. The Morgan fingerprint density at radius 2 is 0.806 bits per heavy atom. The summed E-state index contributed by atoms with van der Waals surface area (Å²) in [6.45, 7) is 25.1. The number of nitrogens with zero attached hydrogens (tertiary/aromatic N) is 7. The van der Waals surface area contributed by atoms with Crippen LogP contribution < -0.4 is 37.5 Å². The van der Waals surface area contributed by atoms with Crippen molar-refractivity contribution in [2.45, 2.75) is 234 Å². The number of hydrazine groups is 2. The number of unbranched alkanes of at least 4 members (excludes halogenated alkanes) is 2. The molecule has 6 bridgehead atoms. The molecule has 0 spiro atoms. The van der Waals surface area contributed by atoms with Gasteiger partial charge in [-0.1, -0.05) is 47.2 Å². The molecule has 9 saturated heterocycles. The summed E-state index contributed by atoms with van der Waals surface area (Å²) in [5.41, 5.74) is 4.92. The van der Waals surface area contributed by atoms with E-state index in [-0.39, 0.29) is 116 Å². The lowest BCUT2D eigenvalue weighted by atomic mass is 9.88. The zero-order valence-corrected chi connectivity index (χ0v) is 78.3. The number of amides is 5. The van der Waals surface area contributed by atoms with Gasteiger partial charge in [-0.25, -0.2) is 14.2 Å². The Morgan fingerprint density at radius 1 is 0.433 bits per heavy atom. The number of nitrogens with one attached hydrogen (secondary N) is 7. The molecule has 0 radical (unpaired) electrons. The van der Waals surface area contributed by atoms with Crippen LogP contribution in [-0.4, -0.2) is 396 Å². The zero-order chi connectivity index (χ0) is 94.3. The van der Waals surface area contributed by atoms with Crippen LogP contribution in [0.15, 0.2) is 54.6 Å². The zero-order valence-electron chi connectivity index (χ0n) is 78.3. The highest BCUT2D eigenvalue weighted by Crippen LogP contribution is 2.50. The van der Waals surface area contributed by atoms with E-state index in [1.54, 1.807) is 21.8 Å². The number of fused-ring (bicyclic) bond motifs is 12. The van der Waals surface area contributed by atoms with Gasteiger partial charge in [-0.15, -0.1) is 15.7 Å². The summed E-state index contributed by atoms with van der Waals surface area (Å²) in [6, 6.07) is 7.85. The molecular weight excluding hydrogens is 1770 g/mol. The second-order valence-electron chi connectivity index (χ2n) is 35.6. The van der Waals surface area contributed by atoms with Gasteiger partial charge in [-0.2, -0.15) is 0 Å². The predicted molar refractivity (Wildman–Crippen MR) is 460 cm³/mol. The van der Waals surface area contributed by atoms with Crippen LogP contribution in [0.4, 0.5) is 4.79 Å². The quantitative estimate of drug-likeness (QED) is 0.0359. The van der Waals surface area contributed by atoms with Crippen molar-refractivity contribution < 1.29 is 157 Å². The van der Waals surface area contributed by atoms with Gasteiger partial charge in [0, 0.05) is 39.9 Å². The first kappa shape index (κ1) is 104. The topological polar surface area (TPSA) is 493 Å². The van der Waals surface area contributed by atoms with E-state index in [0.717, 1.165) is 5.56 Å². The molecule has 7 N–H and O–H groups in total. The number of benzene rings is 1. The second-order valence-corrected chi connectivity index (χ2v) is 35.6. The van der Waals surface area contributed by atoms with Crippen LogP contribution >= 0.6 is 0 Å². The normalized spacial score (nSPS) is 27.6. The van der Waals surface area contributed by atoms with Crippen molar-refractivity contribution in [1.82, 2.24) is 72.5 Å². The number of carbonyl (C=O) groups is 5. The van der Waals surface area contributed by atoms with Gasteiger partial charge in [-0.3, -0.25) is 24.2 Å².